The van der Waals surface area contributed by atoms with Gasteiger partial charge < -0.3 is 28.8 Å². The van der Waals surface area contributed by atoms with Crippen molar-refractivity contribution in [3.05, 3.63) is 48.4 Å². The number of nitrogens with one attached hydrogen (secondary N) is 1. The minimum Gasteiger partial charge on any atom is -0.497 e. The van der Waals surface area contributed by atoms with E-state index in [1.807, 2.05) is 43.4 Å². The van der Waals surface area contributed by atoms with E-state index in [4.69, 9.17) is 23.6 Å². The Labute approximate surface area is 191 Å². The Balaban J connectivity index is 1.45. The number of hydrogen-bond acceptors (Lipinski definition) is 6. The molecule has 0 bridgehead atoms. The molecule has 1 aromatic heterocycles. The summed E-state index contributed by atoms with van der Waals surface area (Å²) in [5, 5.41) is 3.47. The van der Waals surface area contributed by atoms with Crippen molar-refractivity contribution in [3.8, 4) is 11.5 Å². The summed E-state index contributed by atoms with van der Waals surface area (Å²) in [6.07, 6.45) is 3.55. The van der Waals surface area contributed by atoms with Gasteiger partial charge in [0.1, 0.15) is 23.9 Å². The second-order valence-corrected chi connectivity index (χ2v) is 7.71. The zero-order valence-electron chi connectivity index (χ0n) is 19.3. The minimum atomic E-state index is 0.565. The number of aliphatic imine (C=N–C) groups is 1. The fraction of sp³-hybridized carbons (Fsp3) is 0.542. The third-order valence-corrected chi connectivity index (χ3v) is 5.35. The van der Waals surface area contributed by atoms with Crippen LogP contribution >= 0.6 is 0 Å². The van der Waals surface area contributed by atoms with Crippen LogP contribution in [0.3, 0.4) is 0 Å². The average molecular weight is 445 g/mol. The molecule has 0 unspecified atom stereocenters. The number of benzene rings is 1. The Kier molecular flexibility index (Phi) is 10.2. The number of likely N-dealkylation sites (N-methyl/N-ethyl adjacent to an activating group) is 1. The Morgan fingerprint density at radius 2 is 1.94 bits per heavy atom. The number of furan rings is 1. The monoisotopic (exact) mass is 444 g/mol. The molecule has 0 atom stereocenters. The molecule has 2 heterocycles. The molecule has 1 aliphatic heterocycles. The topological polar surface area (TPSA) is 71.7 Å². The van der Waals surface area contributed by atoms with Gasteiger partial charge in [-0.2, -0.15) is 0 Å². The first-order valence-electron chi connectivity index (χ1n) is 11.3. The summed E-state index contributed by atoms with van der Waals surface area (Å²) in [5.74, 6) is 3.50. The molecular weight excluding hydrogens is 408 g/mol. The smallest absolute Gasteiger partial charge is 0.193 e. The summed E-state index contributed by atoms with van der Waals surface area (Å²) >= 11 is 0. The van der Waals surface area contributed by atoms with E-state index in [2.05, 4.69) is 15.1 Å². The molecule has 0 saturated carbocycles. The van der Waals surface area contributed by atoms with Gasteiger partial charge in [0.15, 0.2) is 5.96 Å². The minimum absolute atomic E-state index is 0.565. The predicted molar refractivity (Wildman–Crippen MR) is 126 cm³/mol. The van der Waals surface area contributed by atoms with E-state index in [0.29, 0.717) is 6.61 Å². The maximum absolute atomic E-state index is 5.88. The molecular formula is C24H36N4O4. The lowest BCUT2D eigenvalue weighted by Crippen LogP contribution is -2.42. The van der Waals surface area contributed by atoms with E-state index in [1.165, 1.54) is 0 Å². The average Bonchev–Trinajstić information content (AvgIpc) is 3.35. The first-order valence-corrected chi connectivity index (χ1v) is 11.3. The van der Waals surface area contributed by atoms with Gasteiger partial charge in [-0.05, 0) is 42.8 Å². The molecule has 176 valence electrons. The zero-order valence-corrected chi connectivity index (χ0v) is 19.3. The standard InChI is InChI=1S/C24H36N4O4/c1-27(14-20-32-23-8-6-21(29-2)7-9-23)24(26-12-10-22-5-3-17-31-22)25-11-4-13-28-15-18-30-19-16-28/h3,5-9,17H,4,10-16,18-20H2,1-2H3,(H,25,26). The highest BCUT2D eigenvalue weighted by Crippen LogP contribution is 2.16. The third-order valence-electron chi connectivity index (χ3n) is 5.35. The van der Waals surface area contributed by atoms with Crippen LogP contribution in [-0.4, -0.2) is 89.0 Å². The number of methoxy groups -OCH3 is 1. The van der Waals surface area contributed by atoms with Gasteiger partial charge in [-0.15, -0.1) is 0 Å². The van der Waals surface area contributed by atoms with Crippen molar-refractivity contribution in [2.75, 3.05) is 73.2 Å². The molecule has 1 N–H and O–H groups in total. The van der Waals surface area contributed by atoms with Gasteiger partial charge in [0, 0.05) is 46.2 Å². The second kappa shape index (κ2) is 13.6. The van der Waals surface area contributed by atoms with Crippen molar-refractivity contribution in [2.45, 2.75) is 12.8 Å². The fourth-order valence-electron chi connectivity index (χ4n) is 3.45. The molecule has 1 fully saturated rings. The Bertz CT molecular complexity index is 774. The quantitative estimate of drug-likeness (QED) is 0.306. The van der Waals surface area contributed by atoms with Crippen molar-refractivity contribution in [1.29, 1.82) is 0 Å². The van der Waals surface area contributed by atoms with Crippen LogP contribution in [0.4, 0.5) is 0 Å². The van der Waals surface area contributed by atoms with Gasteiger partial charge >= 0.3 is 0 Å². The van der Waals surface area contributed by atoms with E-state index in [0.717, 1.165) is 88.5 Å². The van der Waals surface area contributed by atoms with E-state index < -0.39 is 0 Å². The number of rotatable bonds is 12. The first-order chi connectivity index (χ1) is 15.7. The number of guanidine groups is 1. The van der Waals surface area contributed by atoms with Gasteiger partial charge in [-0.1, -0.05) is 0 Å². The highest BCUT2D eigenvalue weighted by molar-refractivity contribution is 5.79. The molecule has 3 rings (SSSR count). The van der Waals surface area contributed by atoms with Crippen LogP contribution in [0.5, 0.6) is 11.5 Å². The van der Waals surface area contributed by atoms with Crippen LogP contribution in [0.2, 0.25) is 0 Å². The van der Waals surface area contributed by atoms with Crippen molar-refractivity contribution >= 4 is 5.96 Å². The molecule has 2 aromatic rings. The van der Waals surface area contributed by atoms with Crippen LogP contribution in [0.1, 0.15) is 12.2 Å². The summed E-state index contributed by atoms with van der Waals surface area (Å²) in [4.78, 5) is 9.40. The van der Waals surface area contributed by atoms with Crippen LogP contribution in [0.15, 0.2) is 52.1 Å². The fourth-order valence-corrected chi connectivity index (χ4v) is 3.45. The Hall–Kier alpha value is -2.71. The Morgan fingerprint density at radius 1 is 1.16 bits per heavy atom. The third kappa shape index (κ3) is 8.43. The normalized spacial score (nSPS) is 14.9. The highest BCUT2D eigenvalue weighted by atomic mass is 16.5. The lowest BCUT2D eigenvalue weighted by molar-refractivity contribution is 0.0377. The lowest BCUT2D eigenvalue weighted by atomic mass is 10.3. The van der Waals surface area contributed by atoms with Gasteiger partial charge in [-0.25, -0.2) is 0 Å². The van der Waals surface area contributed by atoms with Crippen LogP contribution in [0, 0.1) is 0 Å². The maximum Gasteiger partial charge on any atom is 0.193 e. The number of nitrogens with zero attached hydrogens (tertiary/aromatic N) is 3. The van der Waals surface area contributed by atoms with Crippen LogP contribution in [0.25, 0.3) is 0 Å². The van der Waals surface area contributed by atoms with Crippen LogP contribution in [-0.2, 0) is 11.2 Å². The van der Waals surface area contributed by atoms with Crippen molar-refractivity contribution in [3.63, 3.8) is 0 Å². The Morgan fingerprint density at radius 3 is 2.66 bits per heavy atom. The zero-order chi connectivity index (χ0) is 22.4. The summed E-state index contributed by atoms with van der Waals surface area (Å²) in [5.41, 5.74) is 0. The molecule has 0 amide bonds. The molecule has 0 spiro atoms. The molecule has 0 radical (unpaired) electrons. The molecule has 1 aliphatic rings. The van der Waals surface area contributed by atoms with Crippen LogP contribution < -0.4 is 14.8 Å². The van der Waals surface area contributed by atoms with Crippen molar-refractivity contribution < 1.29 is 18.6 Å². The largest absolute Gasteiger partial charge is 0.497 e. The number of hydrogen-bond donors (Lipinski definition) is 1. The lowest BCUT2D eigenvalue weighted by Gasteiger charge is -2.26. The van der Waals surface area contributed by atoms with E-state index in [-0.39, 0.29) is 0 Å². The summed E-state index contributed by atoms with van der Waals surface area (Å²) < 4.78 is 21.9. The summed E-state index contributed by atoms with van der Waals surface area (Å²) in [7, 11) is 3.70. The highest BCUT2D eigenvalue weighted by Gasteiger charge is 2.10. The predicted octanol–water partition coefficient (Wildman–Crippen LogP) is 2.51. The molecule has 8 nitrogen and oxygen atoms in total. The first kappa shape index (κ1) is 23.9. The SMILES string of the molecule is COc1ccc(OCCN(C)C(=NCCCN2CCOCC2)NCCc2ccco2)cc1. The van der Waals surface area contributed by atoms with Gasteiger partial charge in [0.05, 0.1) is 33.1 Å². The number of ether oxygens (including phenoxy) is 3. The van der Waals surface area contributed by atoms with Gasteiger partial charge in [-0.3, -0.25) is 9.89 Å². The maximum atomic E-state index is 5.88. The van der Waals surface area contributed by atoms with Gasteiger partial charge in [0.25, 0.3) is 0 Å². The van der Waals surface area contributed by atoms with E-state index in [1.54, 1.807) is 13.4 Å². The molecule has 0 aliphatic carbocycles. The molecule has 1 aromatic carbocycles. The molecule has 1 saturated heterocycles. The van der Waals surface area contributed by atoms with Crippen molar-refractivity contribution in [2.24, 2.45) is 4.99 Å². The number of morpholine rings is 1. The second-order valence-electron chi connectivity index (χ2n) is 7.71. The van der Waals surface area contributed by atoms with E-state index >= 15 is 0 Å². The van der Waals surface area contributed by atoms with Gasteiger partial charge in [0.2, 0.25) is 0 Å². The molecule has 32 heavy (non-hydrogen) atoms. The summed E-state index contributed by atoms with van der Waals surface area (Å²) in [6.45, 7) is 7.58. The van der Waals surface area contributed by atoms with Crippen molar-refractivity contribution in [1.82, 2.24) is 15.1 Å². The van der Waals surface area contributed by atoms with E-state index in [9.17, 15) is 0 Å². The molecule has 8 heteroatoms. The summed E-state index contributed by atoms with van der Waals surface area (Å²) in [6, 6.07) is 11.5.